The molecule has 1 N–H and O–H groups in total. The maximum Gasteiger partial charge on any atom is 0.133 e. The highest BCUT2D eigenvalue weighted by atomic mass is 19.1. The molecule has 21 heavy (non-hydrogen) atoms. The van der Waals surface area contributed by atoms with Crippen molar-refractivity contribution in [3.05, 3.63) is 65.0 Å². The number of halogens is 3. The molecule has 0 aromatic heterocycles. The number of rotatable bonds is 4. The van der Waals surface area contributed by atoms with Crippen molar-refractivity contribution in [2.75, 3.05) is 7.11 Å². The van der Waals surface area contributed by atoms with Gasteiger partial charge in [0.1, 0.15) is 23.2 Å². The fourth-order valence-electron chi connectivity index (χ4n) is 2.33. The number of ether oxygens (including phenoxy) is 1. The van der Waals surface area contributed by atoms with E-state index in [9.17, 15) is 18.3 Å². The zero-order valence-electron chi connectivity index (χ0n) is 11.7. The summed E-state index contributed by atoms with van der Waals surface area (Å²) >= 11 is 0. The molecule has 0 spiro atoms. The van der Waals surface area contributed by atoms with Gasteiger partial charge in [0.05, 0.1) is 18.3 Å². The highest BCUT2D eigenvalue weighted by molar-refractivity contribution is 5.40. The lowest BCUT2D eigenvalue weighted by atomic mass is 9.87. The average Bonchev–Trinajstić information content (AvgIpc) is 2.42. The molecule has 1 atom stereocenters. The molecule has 0 heterocycles. The van der Waals surface area contributed by atoms with Gasteiger partial charge >= 0.3 is 0 Å². The molecule has 0 radical (unpaired) electrons. The molecule has 0 aliphatic heterocycles. The van der Waals surface area contributed by atoms with Gasteiger partial charge in [-0.1, -0.05) is 12.1 Å². The van der Waals surface area contributed by atoms with Crippen LogP contribution in [0, 0.1) is 17.5 Å². The molecule has 2 rings (SSSR count). The van der Waals surface area contributed by atoms with Crippen molar-refractivity contribution in [1.82, 2.24) is 0 Å². The van der Waals surface area contributed by atoms with E-state index in [1.54, 1.807) is 0 Å². The second-order valence-electron chi connectivity index (χ2n) is 4.97. The Morgan fingerprint density at radius 3 is 2.10 bits per heavy atom. The van der Waals surface area contributed by atoms with Crippen LogP contribution in [0.15, 0.2) is 36.4 Å². The van der Waals surface area contributed by atoms with E-state index in [1.807, 2.05) is 0 Å². The van der Waals surface area contributed by atoms with E-state index in [4.69, 9.17) is 4.74 Å². The van der Waals surface area contributed by atoms with Crippen LogP contribution >= 0.6 is 0 Å². The van der Waals surface area contributed by atoms with E-state index in [-0.39, 0.29) is 16.9 Å². The molecule has 112 valence electrons. The number of methoxy groups -OCH3 is 1. The quantitative estimate of drug-likeness (QED) is 0.934. The van der Waals surface area contributed by atoms with Crippen molar-refractivity contribution in [3.63, 3.8) is 0 Å². The molecule has 0 amide bonds. The van der Waals surface area contributed by atoms with Crippen LogP contribution in [0.3, 0.4) is 0 Å². The summed E-state index contributed by atoms with van der Waals surface area (Å²) in [4.78, 5) is 0. The Kier molecular flexibility index (Phi) is 4.23. The summed E-state index contributed by atoms with van der Waals surface area (Å²) < 4.78 is 46.4. The first-order chi connectivity index (χ1) is 9.86. The van der Waals surface area contributed by atoms with Gasteiger partial charge in [0, 0.05) is 12.0 Å². The third-order valence-electron chi connectivity index (χ3n) is 3.32. The van der Waals surface area contributed by atoms with Gasteiger partial charge in [-0.3, -0.25) is 0 Å². The van der Waals surface area contributed by atoms with E-state index in [0.717, 1.165) is 18.2 Å². The van der Waals surface area contributed by atoms with Gasteiger partial charge in [0.25, 0.3) is 0 Å². The van der Waals surface area contributed by atoms with Gasteiger partial charge in [-0.2, -0.15) is 0 Å². The summed E-state index contributed by atoms with van der Waals surface area (Å²) in [6.45, 7) is 1.29. The lowest BCUT2D eigenvalue weighted by molar-refractivity contribution is 0.0491. The van der Waals surface area contributed by atoms with Crippen LogP contribution in [0.5, 0.6) is 5.75 Å². The normalized spacial score (nSPS) is 13.8. The van der Waals surface area contributed by atoms with Crippen molar-refractivity contribution in [2.45, 2.75) is 18.9 Å². The molecule has 2 nitrogen and oxygen atoms in total. The smallest absolute Gasteiger partial charge is 0.133 e. The maximum absolute atomic E-state index is 14.0. The van der Waals surface area contributed by atoms with Gasteiger partial charge in [-0.05, 0) is 31.2 Å². The Labute approximate surface area is 120 Å². The van der Waals surface area contributed by atoms with Crippen molar-refractivity contribution in [3.8, 4) is 5.75 Å². The first-order valence-corrected chi connectivity index (χ1v) is 6.35. The second kappa shape index (κ2) is 5.77. The fraction of sp³-hybridized carbons (Fsp3) is 0.250. The zero-order valence-corrected chi connectivity index (χ0v) is 11.7. The summed E-state index contributed by atoms with van der Waals surface area (Å²) in [5.41, 5.74) is -2.25. The summed E-state index contributed by atoms with van der Waals surface area (Å²) in [5, 5.41) is 10.5. The largest absolute Gasteiger partial charge is 0.496 e. The average molecular weight is 296 g/mol. The molecule has 0 aliphatic carbocycles. The first kappa shape index (κ1) is 15.4. The number of hydrogen-bond donors (Lipinski definition) is 1. The zero-order chi connectivity index (χ0) is 15.6. The molecule has 0 saturated heterocycles. The molecule has 0 fully saturated rings. The van der Waals surface area contributed by atoms with Crippen molar-refractivity contribution >= 4 is 0 Å². The maximum atomic E-state index is 14.0. The topological polar surface area (TPSA) is 29.5 Å². The molecular formula is C16H15F3O2. The van der Waals surface area contributed by atoms with Gasteiger partial charge in [0.15, 0.2) is 0 Å². The molecule has 0 saturated carbocycles. The minimum Gasteiger partial charge on any atom is -0.496 e. The minimum absolute atomic E-state index is 0.122. The predicted octanol–water partition coefficient (Wildman–Crippen LogP) is 3.56. The predicted molar refractivity (Wildman–Crippen MR) is 72.6 cm³/mol. The van der Waals surface area contributed by atoms with Crippen molar-refractivity contribution < 1.29 is 23.0 Å². The van der Waals surface area contributed by atoms with Crippen LogP contribution in [0.4, 0.5) is 13.2 Å². The van der Waals surface area contributed by atoms with E-state index >= 15 is 0 Å². The Bertz CT molecular complexity index is 634. The summed E-state index contributed by atoms with van der Waals surface area (Å²) in [7, 11) is 1.33. The summed E-state index contributed by atoms with van der Waals surface area (Å²) in [6.07, 6.45) is -0.414. The Balaban J connectivity index is 2.48. The van der Waals surface area contributed by atoms with E-state index in [1.165, 1.54) is 32.2 Å². The first-order valence-electron chi connectivity index (χ1n) is 6.35. The molecule has 1 unspecified atom stereocenters. The minimum atomic E-state index is -1.82. The number of benzene rings is 2. The third kappa shape index (κ3) is 3.03. The van der Waals surface area contributed by atoms with Crippen molar-refractivity contribution in [2.24, 2.45) is 0 Å². The summed E-state index contributed by atoms with van der Waals surface area (Å²) in [6, 6.07) is 7.47. The molecule has 5 heteroatoms. The molecular weight excluding hydrogens is 281 g/mol. The highest BCUT2D eigenvalue weighted by Gasteiger charge is 2.32. The van der Waals surface area contributed by atoms with Crippen LogP contribution < -0.4 is 4.74 Å². The highest BCUT2D eigenvalue weighted by Crippen LogP contribution is 2.35. The van der Waals surface area contributed by atoms with Crippen LogP contribution in [-0.2, 0) is 12.0 Å². The van der Waals surface area contributed by atoms with Crippen LogP contribution in [0.25, 0.3) is 0 Å². The Hall–Kier alpha value is -2.01. The van der Waals surface area contributed by atoms with E-state index in [2.05, 4.69) is 0 Å². The van der Waals surface area contributed by atoms with E-state index < -0.39 is 29.5 Å². The van der Waals surface area contributed by atoms with Gasteiger partial charge in [0.2, 0.25) is 0 Å². The second-order valence-corrected chi connectivity index (χ2v) is 4.97. The SMILES string of the molecule is COc1cccc(F)c1C(C)(O)Cc1c(F)cccc1F. The molecule has 2 aromatic carbocycles. The van der Waals surface area contributed by atoms with E-state index in [0.29, 0.717) is 0 Å². The molecule has 2 aromatic rings. The van der Waals surface area contributed by atoms with Crippen LogP contribution in [0.2, 0.25) is 0 Å². The Morgan fingerprint density at radius 1 is 1.00 bits per heavy atom. The fourth-order valence-corrected chi connectivity index (χ4v) is 2.33. The Morgan fingerprint density at radius 2 is 1.52 bits per heavy atom. The standard InChI is InChI=1S/C16H15F3O2/c1-16(20,9-10-11(17)5-3-6-12(10)18)15-13(19)7-4-8-14(15)21-2/h3-8,20H,9H2,1-2H3. The third-order valence-corrected chi connectivity index (χ3v) is 3.32. The van der Waals surface area contributed by atoms with Gasteiger partial charge < -0.3 is 9.84 Å². The monoisotopic (exact) mass is 296 g/mol. The van der Waals surface area contributed by atoms with Gasteiger partial charge in [-0.15, -0.1) is 0 Å². The lowest BCUT2D eigenvalue weighted by Gasteiger charge is -2.26. The van der Waals surface area contributed by atoms with Crippen LogP contribution in [0.1, 0.15) is 18.1 Å². The van der Waals surface area contributed by atoms with Crippen LogP contribution in [-0.4, -0.2) is 12.2 Å². The summed E-state index contributed by atoms with van der Waals surface area (Å²) in [5.74, 6) is -2.15. The lowest BCUT2D eigenvalue weighted by Crippen LogP contribution is -2.27. The molecule has 0 aliphatic rings. The number of hydrogen-bond acceptors (Lipinski definition) is 2. The molecule has 0 bridgehead atoms. The number of aliphatic hydroxyl groups is 1. The van der Waals surface area contributed by atoms with Crippen molar-refractivity contribution in [1.29, 1.82) is 0 Å². The van der Waals surface area contributed by atoms with Gasteiger partial charge in [-0.25, -0.2) is 13.2 Å².